The summed E-state index contributed by atoms with van der Waals surface area (Å²) < 4.78 is 7.20. The monoisotopic (exact) mass is 218 g/mol. The third-order valence-electron chi connectivity index (χ3n) is 2.33. The fraction of sp³-hybridized carbons (Fsp3) is 0.273. The van der Waals surface area contributed by atoms with Crippen molar-refractivity contribution in [2.75, 3.05) is 13.7 Å². The predicted molar refractivity (Wildman–Crippen MR) is 61.1 cm³/mol. The molecular weight excluding hydrogens is 204 g/mol. The fourth-order valence-electron chi connectivity index (χ4n) is 1.60. The van der Waals surface area contributed by atoms with Gasteiger partial charge in [0.15, 0.2) is 5.82 Å². The molecule has 0 bridgehead atoms. The second-order valence-corrected chi connectivity index (χ2v) is 3.34. The van der Waals surface area contributed by atoms with Gasteiger partial charge in [-0.3, -0.25) is 0 Å². The van der Waals surface area contributed by atoms with Crippen molar-refractivity contribution in [3.05, 3.63) is 30.6 Å². The van der Waals surface area contributed by atoms with Crippen LogP contribution in [0.4, 0.5) is 0 Å². The van der Waals surface area contributed by atoms with Gasteiger partial charge in [0, 0.05) is 13.1 Å². The standard InChI is InChI=1S/C11H14N4O/c1-16-10-5-3-2-4-9(10)11-14-13-8-15(11)7-6-12/h2-5,8H,6-7,12H2,1H3. The molecule has 5 heteroatoms. The van der Waals surface area contributed by atoms with Gasteiger partial charge in [0.05, 0.1) is 12.7 Å². The molecule has 2 rings (SSSR count). The molecule has 0 atom stereocenters. The van der Waals surface area contributed by atoms with Gasteiger partial charge in [-0.05, 0) is 12.1 Å². The molecule has 16 heavy (non-hydrogen) atoms. The lowest BCUT2D eigenvalue weighted by Gasteiger charge is -2.08. The molecule has 1 aromatic heterocycles. The summed E-state index contributed by atoms with van der Waals surface area (Å²) in [5.74, 6) is 1.57. The van der Waals surface area contributed by atoms with E-state index < -0.39 is 0 Å². The number of hydrogen-bond donors (Lipinski definition) is 1. The van der Waals surface area contributed by atoms with Crippen LogP contribution < -0.4 is 10.5 Å². The average Bonchev–Trinajstić information content (AvgIpc) is 2.77. The van der Waals surface area contributed by atoms with Crippen LogP contribution in [0.25, 0.3) is 11.4 Å². The van der Waals surface area contributed by atoms with Crippen molar-refractivity contribution < 1.29 is 4.74 Å². The van der Waals surface area contributed by atoms with Crippen molar-refractivity contribution in [1.82, 2.24) is 14.8 Å². The highest BCUT2D eigenvalue weighted by Gasteiger charge is 2.11. The summed E-state index contributed by atoms with van der Waals surface area (Å²) in [5, 5.41) is 7.99. The second kappa shape index (κ2) is 4.76. The number of aromatic nitrogens is 3. The zero-order valence-electron chi connectivity index (χ0n) is 9.13. The van der Waals surface area contributed by atoms with Crippen LogP contribution in [0, 0.1) is 0 Å². The Kier molecular flexibility index (Phi) is 3.16. The van der Waals surface area contributed by atoms with Gasteiger partial charge in [0.2, 0.25) is 0 Å². The number of para-hydroxylation sites is 1. The number of hydrogen-bond acceptors (Lipinski definition) is 4. The summed E-state index contributed by atoms with van der Waals surface area (Å²) in [7, 11) is 1.64. The largest absolute Gasteiger partial charge is 0.496 e. The average molecular weight is 218 g/mol. The maximum atomic E-state index is 5.53. The Labute approximate surface area is 93.9 Å². The Morgan fingerprint density at radius 3 is 2.94 bits per heavy atom. The van der Waals surface area contributed by atoms with E-state index >= 15 is 0 Å². The van der Waals surface area contributed by atoms with Crippen LogP contribution in [0.1, 0.15) is 0 Å². The number of ether oxygens (including phenoxy) is 1. The molecule has 2 aromatic rings. The maximum Gasteiger partial charge on any atom is 0.167 e. The number of rotatable bonds is 4. The summed E-state index contributed by atoms with van der Waals surface area (Å²) in [6.45, 7) is 1.25. The molecule has 0 unspecified atom stereocenters. The van der Waals surface area contributed by atoms with E-state index in [1.54, 1.807) is 13.4 Å². The first-order chi connectivity index (χ1) is 7.86. The minimum atomic E-state index is 0.556. The first-order valence-electron chi connectivity index (χ1n) is 5.08. The van der Waals surface area contributed by atoms with Gasteiger partial charge in [-0.25, -0.2) is 0 Å². The molecule has 0 fully saturated rings. The van der Waals surface area contributed by atoms with E-state index in [2.05, 4.69) is 10.2 Å². The Hall–Kier alpha value is -1.88. The van der Waals surface area contributed by atoms with Crippen molar-refractivity contribution in [1.29, 1.82) is 0 Å². The second-order valence-electron chi connectivity index (χ2n) is 3.34. The topological polar surface area (TPSA) is 66.0 Å². The molecule has 1 aromatic carbocycles. The lowest BCUT2D eigenvalue weighted by atomic mass is 10.2. The van der Waals surface area contributed by atoms with Gasteiger partial charge in [-0.15, -0.1) is 10.2 Å². The van der Waals surface area contributed by atoms with E-state index in [1.807, 2.05) is 28.8 Å². The third-order valence-corrected chi connectivity index (χ3v) is 2.33. The highest BCUT2D eigenvalue weighted by molar-refractivity contribution is 5.63. The molecule has 84 valence electrons. The van der Waals surface area contributed by atoms with Gasteiger partial charge in [-0.1, -0.05) is 12.1 Å². The van der Waals surface area contributed by atoms with Crippen LogP contribution in [0.3, 0.4) is 0 Å². The van der Waals surface area contributed by atoms with Crippen molar-refractivity contribution in [2.45, 2.75) is 6.54 Å². The van der Waals surface area contributed by atoms with Crippen LogP contribution in [0.5, 0.6) is 5.75 Å². The Balaban J connectivity index is 2.45. The SMILES string of the molecule is COc1ccccc1-c1nncn1CCN. The molecule has 0 saturated heterocycles. The van der Waals surface area contributed by atoms with E-state index in [4.69, 9.17) is 10.5 Å². The van der Waals surface area contributed by atoms with Gasteiger partial charge in [0.1, 0.15) is 12.1 Å². The quantitative estimate of drug-likeness (QED) is 0.828. The predicted octanol–water partition coefficient (Wildman–Crippen LogP) is 0.912. The first kappa shape index (κ1) is 10.6. The van der Waals surface area contributed by atoms with Gasteiger partial charge in [0.25, 0.3) is 0 Å². The number of benzene rings is 1. The third kappa shape index (κ3) is 1.90. The molecule has 0 radical (unpaired) electrons. The van der Waals surface area contributed by atoms with Crippen LogP contribution in [0.2, 0.25) is 0 Å². The highest BCUT2D eigenvalue weighted by atomic mass is 16.5. The molecule has 2 N–H and O–H groups in total. The zero-order valence-corrected chi connectivity index (χ0v) is 9.13. The van der Waals surface area contributed by atoms with Gasteiger partial charge >= 0.3 is 0 Å². The van der Waals surface area contributed by atoms with Crippen LogP contribution >= 0.6 is 0 Å². The van der Waals surface area contributed by atoms with Crippen LogP contribution in [-0.2, 0) is 6.54 Å². The molecule has 0 aliphatic rings. The van der Waals surface area contributed by atoms with E-state index in [1.165, 1.54) is 0 Å². The van der Waals surface area contributed by atoms with E-state index in [0.29, 0.717) is 13.1 Å². The van der Waals surface area contributed by atoms with Crippen LogP contribution in [-0.4, -0.2) is 28.4 Å². The molecule has 0 spiro atoms. The lowest BCUT2D eigenvalue weighted by Crippen LogP contribution is -2.10. The normalized spacial score (nSPS) is 10.4. The Bertz CT molecular complexity index is 467. The lowest BCUT2D eigenvalue weighted by molar-refractivity contribution is 0.416. The number of nitrogens with zero attached hydrogens (tertiary/aromatic N) is 3. The summed E-state index contributed by atoms with van der Waals surface area (Å²) in [6, 6.07) is 7.72. The first-order valence-corrected chi connectivity index (χ1v) is 5.08. The summed E-state index contributed by atoms with van der Waals surface area (Å²) >= 11 is 0. The van der Waals surface area contributed by atoms with E-state index in [0.717, 1.165) is 17.1 Å². The smallest absolute Gasteiger partial charge is 0.167 e. The summed E-state index contributed by atoms with van der Waals surface area (Å²) in [6.07, 6.45) is 1.68. The van der Waals surface area contributed by atoms with Crippen molar-refractivity contribution in [3.8, 4) is 17.1 Å². The Morgan fingerprint density at radius 1 is 1.38 bits per heavy atom. The van der Waals surface area contributed by atoms with E-state index in [-0.39, 0.29) is 0 Å². The molecule has 0 aliphatic heterocycles. The highest BCUT2D eigenvalue weighted by Crippen LogP contribution is 2.27. The molecular formula is C11H14N4O. The fourth-order valence-corrected chi connectivity index (χ4v) is 1.60. The van der Waals surface area contributed by atoms with Gasteiger partial charge < -0.3 is 15.0 Å². The van der Waals surface area contributed by atoms with Crippen molar-refractivity contribution >= 4 is 0 Å². The Morgan fingerprint density at radius 2 is 2.19 bits per heavy atom. The molecule has 0 amide bonds. The zero-order chi connectivity index (χ0) is 11.4. The number of nitrogens with two attached hydrogens (primary N) is 1. The van der Waals surface area contributed by atoms with Gasteiger partial charge in [-0.2, -0.15) is 0 Å². The summed E-state index contributed by atoms with van der Waals surface area (Å²) in [4.78, 5) is 0. The molecule has 0 aliphatic carbocycles. The molecule has 0 saturated carbocycles. The number of methoxy groups -OCH3 is 1. The summed E-state index contributed by atoms with van der Waals surface area (Å²) in [5.41, 5.74) is 6.46. The maximum absolute atomic E-state index is 5.53. The molecule has 5 nitrogen and oxygen atoms in total. The minimum Gasteiger partial charge on any atom is -0.496 e. The van der Waals surface area contributed by atoms with Crippen molar-refractivity contribution in [3.63, 3.8) is 0 Å². The van der Waals surface area contributed by atoms with Crippen molar-refractivity contribution in [2.24, 2.45) is 5.73 Å². The molecule has 1 heterocycles. The minimum absolute atomic E-state index is 0.556. The van der Waals surface area contributed by atoms with Crippen LogP contribution in [0.15, 0.2) is 30.6 Å². The van der Waals surface area contributed by atoms with E-state index in [9.17, 15) is 0 Å².